The van der Waals surface area contributed by atoms with Gasteiger partial charge >= 0.3 is 0 Å². The molecule has 0 aromatic rings. The van der Waals surface area contributed by atoms with Crippen LogP contribution < -0.4 is 4.72 Å². The summed E-state index contributed by atoms with van der Waals surface area (Å²) in [6, 6.07) is 0. The zero-order chi connectivity index (χ0) is 14.7. The number of rotatable bonds is 3. The first-order valence-corrected chi connectivity index (χ1v) is 9.61. The number of carbonyl (C=O) groups is 1. The predicted octanol–water partition coefficient (Wildman–Crippen LogP) is 2.16. The van der Waals surface area contributed by atoms with E-state index in [-0.39, 0.29) is 5.91 Å². The number of hydrogen-bond acceptors (Lipinski definition) is 3. The standard InChI is InChI=1S/C15H25NO3S/c1-9(2)13-11-4-10-5-12(13)8-15(6-10,7-11)14(17)16-20(3,18)19/h9-13H,4-8H2,1-3H3,(H,16,17). The second kappa shape index (κ2) is 4.46. The second-order valence-electron chi connectivity index (χ2n) is 7.78. The molecule has 4 saturated carbocycles. The van der Waals surface area contributed by atoms with Crippen LogP contribution in [0.1, 0.15) is 46.0 Å². The van der Waals surface area contributed by atoms with Crippen molar-refractivity contribution in [2.75, 3.05) is 6.26 Å². The number of hydrogen-bond donors (Lipinski definition) is 1. The Morgan fingerprint density at radius 3 is 2.15 bits per heavy atom. The van der Waals surface area contributed by atoms with Crippen LogP contribution in [0.3, 0.4) is 0 Å². The lowest BCUT2D eigenvalue weighted by atomic mass is 9.44. The molecule has 0 heterocycles. The van der Waals surface area contributed by atoms with Crippen LogP contribution in [0.4, 0.5) is 0 Å². The third kappa shape index (κ3) is 2.28. The van der Waals surface area contributed by atoms with Crippen LogP contribution in [0.2, 0.25) is 0 Å². The minimum atomic E-state index is -3.45. The number of nitrogens with one attached hydrogen (secondary N) is 1. The van der Waals surface area contributed by atoms with E-state index in [2.05, 4.69) is 18.6 Å². The third-order valence-corrected chi connectivity index (χ3v) is 6.43. The fraction of sp³-hybridized carbons (Fsp3) is 0.933. The fourth-order valence-electron chi connectivity index (χ4n) is 5.71. The summed E-state index contributed by atoms with van der Waals surface area (Å²) in [5.74, 6) is 3.03. The summed E-state index contributed by atoms with van der Waals surface area (Å²) < 4.78 is 25.0. The van der Waals surface area contributed by atoms with Crippen LogP contribution in [-0.4, -0.2) is 20.6 Å². The van der Waals surface area contributed by atoms with Gasteiger partial charge in [0.25, 0.3) is 0 Å². The van der Waals surface area contributed by atoms with Gasteiger partial charge in [0, 0.05) is 0 Å². The van der Waals surface area contributed by atoms with Gasteiger partial charge in [-0.2, -0.15) is 0 Å². The van der Waals surface area contributed by atoms with E-state index in [1.807, 2.05) is 0 Å². The van der Waals surface area contributed by atoms with Gasteiger partial charge in [-0.15, -0.1) is 0 Å². The van der Waals surface area contributed by atoms with Crippen LogP contribution in [0.5, 0.6) is 0 Å². The van der Waals surface area contributed by atoms with Crippen LogP contribution in [0.15, 0.2) is 0 Å². The summed E-state index contributed by atoms with van der Waals surface area (Å²) in [7, 11) is -3.45. The Morgan fingerprint density at radius 2 is 1.70 bits per heavy atom. The Bertz CT molecular complexity index is 509. The second-order valence-corrected chi connectivity index (χ2v) is 9.52. The maximum absolute atomic E-state index is 12.5. The maximum Gasteiger partial charge on any atom is 0.239 e. The fourth-order valence-corrected chi connectivity index (χ4v) is 6.26. The van der Waals surface area contributed by atoms with Crippen molar-refractivity contribution in [1.82, 2.24) is 4.72 Å². The molecule has 1 N–H and O–H groups in total. The Morgan fingerprint density at radius 1 is 1.15 bits per heavy atom. The minimum Gasteiger partial charge on any atom is -0.273 e. The van der Waals surface area contributed by atoms with E-state index in [9.17, 15) is 13.2 Å². The number of sulfonamides is 1. The highest BCUT2D eigenvalue weighted by Gasteiger charge is 2.58. The van der Waals surface area contributed by atoms with Crippen LogP contribution in [-0.2, 0) is 14.8 Å². The highest BCUT2D eigenvalue weighted by atomic mass is 32.2. The molecule has 4 aliphatic carbocycles. The van der Waals surface area contributed by atoms with Crippen molar-refractivity contribution in [3.63, 3.8) is 0 Å². The lowest BCUT2D eigenvalue weighted by Gasteiger charge is -2.60. The van der Waals surface area contributed by atoms with Crippen molar-refractivity contribution in [1.29, 1.82) is 0 Å². The van der Waals surface area contributed by atoms with Gasteiger partial charge in [0.05, 0.1) is 11.7 Å². The van der Waals surface area contributed by atoms with Crippen LogP contribution >= 0.6 is 0 Å². The highest BCUT2D eigenvalue weighted by Crippen LogP contribution is 2.63. The first-order chi connectivity index (χ1) is 9.20. The van der Waals surface area contributed by atoms with Crippen LogP contribution in [0, 0.1) is 35.0 Å². The van der Waals surface area contributed by atoms with Gasteiger partial charge in [-0.25, -0.2) is 8.42 Å². The lowest BCUT2D eigenvalue weighted by Crippen LogP contribution is -2.58. The molecule has 2 unspecified atom stereocenters. The van der Waals surface area contributed by atoms with E-state index < -0.39 is 15.4 Å². The molecule has 0 saturated heterocycles. The minimum absolute atomic E-state index is 0.235. The molecular formula is C15H25NO3S. The molecule has 114 valence electrons. The lowest BCUT2D eigenvalue weighted by molar-refractivity contribution is -0.154. The summed E-state index contributed by atoms with van der Waals surface area (Å²) in [5, 5.41) is 0. The first kappa shape index (κ1) is 14.4. The Kier molecular flexibility index (Phi) is 3.20. The molecule has 4 rings (SSSR count). The summed E-state index contributed by atoms with van der Waals surface area (Å²) >= 11 is 0. The Labute approximate surface area is 121 Å². The molecule has 0 aliphatic heterocycles. The van der Waals surface area contributed by atoms with Crippen LogP contribution in [0.25, 0.3) is 0 Å². The molecule has 0 radical (unpaired) electrons. The van der Waals surface area contributed by atoms with Crippen molar-refractivity contribution >= 4 is 15.9 Å². The average Bonchev–Trinajstić information content (AvgIpc) is 2.24. The monoisotopic (exact) mass is 299 g/mol. The molecule has 4 fully saturated rings. The highest BCUT2D eigenvalue weighted by molar-refractivity contribution is 7.89. The van der Waals surface area contributed by atoms with Crippen molar-refractivity contribution < 1.29 is 13.2 Å². The zero-order valence-corrected chi connectivity index (χ0v) is 13.4. The molecule has 0 aromatic carbocycles. The molecule has 4 nitrogen and oxygen atoms in total. The number of amides is 1. The third-order valence-electron chi connectivity index (χ3n) is 5.88. The van der Waals surface area contributed by atoms with Gasteiger partial charge < -0.3 is 0 Å². The van der Waals surface area contributed by atoms with Gasteiger partial charge in [-0.1, -0.05) is 13.8 Å². The van der Waals surface area contributed by atoms with Crippen molar-refractivity contribution in [3.8, 4) is 0 Å². The SMILES string of the molecule is CC(C)C1C2CC3CC1CC(C(=O)NS(C)(=O)=O)(C3)C2. The summed E-state index contributed by atoms with van der Waals surface area (Å²) in [6.45, 7) is 4.58. The summed E-state index contributed by atoms with van der Waals surface area (Å²) in [6.07, 6.45) is 6.24. The Balaban J connectivity index is 1.85. The van der Waals surface area contributed by atoms with E-state index in [1.165, 1.54) is 12.8 Å². The van der Waals surface area contributed by atoms with E-state index in [1.54, 1.807) is 0 Å². The van der Waals surface area contributed by atoms with Gasteiger partial charge in [0.15, 0.2) is 0 Å². The first-order valence-electron chi connectivity index (χ1n) is 7.72. The molecule has 4 bridgehead atoms. The molecule has 4 aliphatic rings. The van der Waals surface area contributed by atoms with E-state index in [0.29, 0.717) is 23.7 Å². The molecule has 20 heavy (non-hydrogen) atoms. The molecule has 2 atom stereocenters. The van der Waals surface area contributed by atoms with Crippen molar-refractivity contribution in [3.05, 3.63) is 0 Å². The topological polar surface area (TPSA) is 63.2 Å². The summed E-state index contributed by atoms with van der Waals surface area (Å²) in [4.78, 5) is 12.5. The Hall–Kier alpha value is -0.580. The normalized spacial score (nSPS) is 43.0. The number of carbonyl (C=O) groups excluding carboxylic acids is 1. The zero-order valence-electron chi connectivity index (χ0n) is 12.6. The van der Waals surface area contributed by atoms with Gasteiger partial charge in [-0.05, 0) is 61.7 Å². The van der Waals surface area contributed by atoms with E-state index in [0.717, 1.165) is 31.4 Å². The molecule has 0 aromatic heterocycles. The van der Waals surface area contributed by atoms with E-state index >= 15 is 0 Å². The smallest absolute Gasteiger partial charge is 0.239 e. The largest absolute Gasteiger partial charge is 0.273 e. The molecule has 1 amide bonds. The average molecular weight is 299 g/mol. The summed E-state index contributed by atoms with van der Waals surface area (Å²) in [5.41, 5.74) is -0.398. The van der Waals surface area contributed by atoms with Gasteiger partial charge in [0.1, 0.15) is 0 Å². The molecule has 0 spiro atoms. The van der Waals surface area contributed by atoms with Gasteiger partial charge in [-0.3, -0.25) is 9.52 Å². The maximum atomic E-state index is 12.5. The van der Waals surface area contributed by atoms with Crippen molar-refractivity contribution in [2.24, 2.45) is 35.0 Å². The molecular weight excluding hydrogens is 274 g/mol. The van der Waals surface area contributed by atoms with E-state index in [4.69, 9.17) is 0 Å². The predicted molar refractivity (Wildman–Crippen MR) is 77.3 cm³/mol. The quantitative estimate of drug-likeness (QED) is 0.868. The molecule has 5 heteroatoms. The van der Waals surface area contributed by atoms with Gasteiger partial charge in [0.2, 0.25) is 15.9 Å². The van der Waals surface area contributed by atoms with Crippen molar-refractivity contribution in [2.45, 2.75) is 46.0 Å².